The number of hydrogen-bond acceptors (Lipinski definition) is 3. The zero-order chi connectivity index (χ0) is 12.9. The van der Waals surface area contributed by atoms with Crippen LogP contribution in [0.25, 0.3) is 10.4 Å². The Labute approximate surface area is 116 Å². The van der Waals surface area contributed by atoms with Crippen LogP contribution in [0, 0.1) is 0 Å². The third kappa shape index (κ3) is 3.10. The van der Waals surface area contributed by atoms with Crippen molar-refractivity contribution in [3.63, 3.8) is 0 Å². The molecule has 0 fully saturated rings. The highest BCUT2D eigenvalue weighted by Crippen LogP contribution is 2.27. The molecule has 3 aromatic rings. The van der Waals surface area contributed by atoms with Crippen LogP contribution in [-0.2, 0) is 13.1 Å². The summed E-state index contributed by atoms with van der Waals surface area (Å²) in [7, 11) is 0. The summed E-state index contributed by atoms with van der Waals surface area (Å²) >= 11 is 1.83. The Kier molecular flexibility index (Phi) is 3.72. The molecule has 0 radical (unpaired) electrons. The monoisotopic (exact) mass is 269 g/mol. The lowest BCUT2D eigenvalue weighted by Crippen LogP contribution is -2.11. The minimum absolute atomic E-state index is 0.818. The van der Waals surface area contributed by atoms with Crippen molar-refractivity contribution in [1.82, 2.24) is 15.5 Å². The summed E-state index contributed by atoms with van der Waals surface area (Å²) in [5.41, 5.74) is 2.40. The highest BCUT2D eigenvalue weighted by atomic mass is 32.1. The maximum Gasteiger partial charge on any atom is 0.0490 e. The zero-order valence-corrected chi connectivity index (χ0v) is 11.3. The van der Waals surface area contributed by atoms with E-state index in [1.807, 2.05) is 23.5 Å². The number of H-pyrrole nitrogens is 1. The summed E-state index contributed by atoms with van der Waals surface area (Å²) in [4.78, 5) is 2.66. The molecule has 19 heavy (non-hydrogen) atoms. The molecule has 3 nitrogen and oxygen atoms in total. The van der Waals surface area contributed by atoms with Crippen molar-refractivity contribution in [2.24, 2.45) is 0 Å². The molecule has 0 saturated heterocycles. The third-order valence-electron chi connectivity index (χ3n) is 2.89. The Bertz CT molecular complexity index is 614. The van der Waals surface area contributed by atoms with Crippen molar-refractivity contribution in [3.8, 4) is 10.4 Å². The van der Waals surface area contributed by atoms with E-state index in [0.717, 1.165) is 18.8 Å². The second-order valence-electron chi connectivity index (χ2n) is 4.32. The van der Waals surface area contributed by atoms with Crippen LogP contribution < -0.4 is 5.32 Å². The molecule has 0 aliphatic carbocycles. The van der Waals surface area contributed by atoms with Gasteiger partial charge in [-0.15, -0.1) is 11.3 Å². The molecule has 3 rings (SSSR count). The van der Waals surface area contributed by atoms with E-state index in [9.17, 15) is 0 Å². The summed E-state index contributed by atoms with van der Waals surface area (Å²) in [6.07, 6.45) is 1.77. The Morgan fingerprint density at radius 3 is 2.68 bits per heavy atom. The number of nitrogens with one attached hydrogen (secondary N) is 2. The highest BCUT2D eigenvalue weighted by molar-refractivity contribution is 7.15. The van der Waals surface area contributed by atoms with Gasteiger partial charge in [0.05, 0.1) is 0 Å². The quantitative estimate of drug-likeness (QED) is 0.745. The van der Waals surface area contributed by atoms with Crippen LogP contribution in [-0.4, -0.2) is 10.2 Å². The summed E-state index contributed by atoms with van der Waals surface area (Å²) in [6.45, 7) is 1.70. The molecule has 0 unspecified atom stereocenters. The van der Waals surface area contributed by atoms with Gasteiger partial charge < -0.3 is 5.32 Å². The molecule has 2 aromatic heterocycles. The average Bonchev–Trinajstić information content (AvgIpc) is 3.11. The molecule has 0 amide bonds. The fraction of sp³-hybridized carbons (Fsp3) is 0.133. The molecule has 2 heterocycles. The van der Waals surface area contributed by atoms with E-state index in [-0.39, 0.29) is 0 Å². The molecule has 0 atom stereocenters. The molecule has 0 aliphatic heterocycles. The van der Waals surface area contributed by atoms with Gasteiger partial charge in [-0.1, -0.05) is 30.3 Å². The van der Waals surface area contributed by atoms with Crippen molar-refractivity contribution in [3.05, 3.63) is 65.3 Å². The van der Waals surface area contributed by atoms with E-state index in [1.54, 1.807) is 6.20 Å². The van der Waals surface area contributed by atoms with Crippen LogP contribution in [0.3, 0.4) is 0 Å². The van der Waals surface area contributed by atoms with Crippen LogP contribution in [0.4, 0.5) is 0 Å². The average molecular weight is 269 g/mol. The molecule has 1 aromatic carbocycles. The molecule has 0 spiro atoms. The Morgan fingerprint density at radius 2 is 1.89 bits per heavy atom. The molecule has 0 bridgehead atoms. The van der Waals surface area contributed by atoms with Gasteiger partial charge in [0.15, 0.2) is 0 Å². The Balaban J connectivity index is 1.59. The number of rotatable bonds is 5. The van der Waals surface area contributed by atoms with Crippen molar-refractivity contribution < 1.29 is 0 Å². The van der Waals surface area contributed by atoms with Gasteiger partial charge in [0.25, 0.3) is 0 Å². The third-order valence-corrected chi connectivity index (χ3v) is 4.03. The van der Waals surface area contributed by atoms with E-state index in [2.05, 4.69) is 51.9 Å². The van der Waals surface area contributed by atoms with E-state index in [1.165, 1.54) is 15.3 Å². The van der Waals surface area contributed by atoms with E-state index >= 15 is 0 Å². The maximum atomic E-state index is 3.93. The summed E-state index contributed by atoms with van der Waals surface area (Å²) in [5, 5.41) is 10.3. The van der Waals surface area contributed by atoms with Crippen LogP contribution in [0.1, 0.15) is 10.6 Å². The lowest BCUT2D eigenvalue weighted by molar-refractivity contribution is 0.684. The van der Waals surface area contributed by atoms with Gasteiger partial charge in [-0.25, -0.2) is 0 Å². The second-order valence-corrected chi connectivity index (χ2v) is 5.49. The number of aromatic nitrogens is 2. The topological polar surface area (TPSA) is 40.7 Å². The van der Waals surface area contributed by atoms with Crippen LogP contribution in [0.2, 0.25) is 0 Å². The van der Waals surface area contributed by atoms with E-state index in [0.29, 0.717) is 0 Å². The summed E-state index contributed by atoms with van der Waals surface area (Å²) in [5.74, 6) is 0. The first kappa shape index (κ1) is 12.1. The fourth-order valence-electron chi connectivity index (χ4n) is 1.93. The standard InChI is InChI=1S/C15H15N3S/c1-2-4-12(5-3-1)15-7-6-14(19-15)11-16-10-13-8-9-17-18-13/h1-9,16H,10-11H2,(H,17,18). The SMILES string of the molecule is c1ccc(-c2ccc(CNCc3ccn[nH]3)s2)cc1. The molecule has 2 N–H and O–H groups in total. The molecule has 0 saturated carbocycles. The Morgan fingerprint density at radius 1 is 1.00 bits per heavy atom. The lowest BCUT2D eigenvalue weighted by Gasteiger charge is -2.00. The number of benzene rings is 1. The van der Waals surface area contributed by atoms with Crippen molar-refractivity contribution in [1.29, 1.82) is 0 Å². The molecular weight excluding hydrogens is 254 g/mol. The molecule has 0 aliphatic rings. The van der Waals surface area contributed by atoms with Gasteiger partial charge in [-0.05, 0) is 23.8 Å². The minimum Gasteiger partial charge on any atom is -0.306 e. The second kappa shape index (κ2) is 5.82. The normalized spacial score (nSPS) is 10.7. The predicted octanol–water partition coefficient (Wildman–Crippen LogP) is 3.43. The molecule has 96 valence electrons. The van der Waals surface area contributed by atoms with Gasteiger partial charge in [0, 0.05) is 34.7 Å². The molecule has 4 heteroatoms. The van der Waals surface area contributed by atoms with Gasteiger partial charge in [-0.3, -0.25) is 5.10 Å². The smallest absolute Gasteiger partial charge is 0.0490 e. The number of aromatic amines is 1. The van der Waals surface area contributed by atoms with Gasteiger partial charge in [0.1, 0.15) is 0 Å². The van der Waals surface area contributed by atoms with Crippen LogP contribution >= 0.6 is 11.3 Å². The first-order valence-electron chi connectivity index (χ1n) is 6.25. The van der Waals surface area contributed by atoms with E-state index < -0.39 is 0 Å². The minimum atomic E-state index is 0.818. The number of nitrogens with zero attached hydrogens (tertiary/aromatic N) is 1. The predicted molar refractivity (Wildman–Crippen MR) is 78.9 cm³/mol. The number of thiophene rings is 1. The van der Waals surface area contributed by atoms with Crippen molar-refractivity contribution >= 4 is 11.3 Å². The van der Waals surface area contributed by atoms with Crippen LogP contribution in [0.15, 0.2) is 54.7 Å². The molecular formula is C15H15N3S. The van der Waals surface area contributed by atoms with Crippen LogP contribution in [0.5, 0.6) is 0 Å². The maximum absolute atomic E-state index is 3.93. The van der Waals surface area contributed by atoms with Gasteiger partial charge in [-0.2, -0.15) is 5.10 Å². The summed E-state index contributed by atoms with van der Waals surface area (Å²) < 4.78 is 0. The van der Waals surface area contributed by atoms with Crippen molar-refractivity contribution in [2.75, 3.05) is 0 Å². The first-order chi connectivity index (χ1) is 9.42. The first-order valence-corrected chi connectivity index (χ1v) is 7.06. The van der Waals surface area contributed by atoms with Gasteiger partial charge in [0.2, 0.25) is 0 Å². The van der Waals surface area contributed by atoms with Gasteiger partial charge >= 0.3 is 0 Å². The number of hydrogen-bond donors (Lipinski definition) is 2. The summed E-state index contributed by atoms with van der Waals surface area (Å²) in [6, 6.07) is 16.8. The van der Waals surface area contributed by atoms with Crippen molar-refractivity contribution in [2.45, 2.75) is 13.1 Å². The Hall–Kier alpha value is -1.91. The lowest BCUT2D eigenvalue weighted by atomic mass is 10.2. The zero-order valence-electron chi connectivity index (χ0n) is 10.5. The fourth-order valence-corrected chi connectivity index (χ4v) is 2.92. The van der Waals surface area contributed by atoms with E-state index in [4.69, 9.17) is 0 Å². The largest absolute Gasteiger partial charge is 0.306 e. The highest BCUT2D eigenvalue weighted by Gasteiger charge is 2.02.